The molecule has 6 aliphatic rings. The molecule has 0 radical (unpaired) electrons. The fourth-order valence-corrected chi connectivity index (χ4v) is 11.7. The molecule has 3 aromatic rings. The molecule has 7 heteroatoms. The van der Waals surface area contributed by atoms with E-state index < -0.39 is 28.6 Å². The van der Waals surface area contributed by atoms with Gasteiger partial charge in [0.1, 0.15) is 5.75 Å². The number of aliphatic hydroxyl groups excluding tert-OH is 1. The van der Waals surface area contributed by atoms with Gasteiger partial charge in [-0.25, -0.2) is 4.79 Å². The Labute approximate surface area is 301 Å². The number of ether oxygens (including phenoxy) is 2. The summed E-state index contributed by atoms with van der Waals surface area (Å²) in [5.74, 6) is 0.705. The van der Waals surface area contributed by atoms with Crippen LogP contribution in [0.5, 0.6) is 5.75 Å². The van der Waals surface area contributed by atoms with Gasteiger partial charge in [-0.15, -0.1) is 0 Å². The van der Waals surface area contributed by atoms with Crippen molar-refractivity contribution in [2.75, 3.05) is 26.8 Å². The standard InChI is InChI=1S/C44H51NO6/c1-40-19-16-33(46)27-42(40)22-23-44(35(28-42)38(47)31-11-5-4-6-12-31)36(40)17-20-41(2)37(44)18-21-43(41,49)29-45(24-9-25-50-3)39(48)51-34-15-14-30-10-7-8-13-32(30)26-34/h4-8,10-15,22-23,26,28,33,36-37,46,49H,9,16-21,24-25,27,29H2,1-3H3/t33?,36-,37-,40-,41+,42+,43-,44-/m1/s1. The van der Waals surface area contributed by atoms with Crippen molar-refractivity contribution < 1.29 is 29.3 Å². The first-order valence-corrected chi connectivity index (χ1v) is 18.9. The Morgan fingerprint density at radius 3 is 2.35 bits per heavy atom. The summed E-state index contributed by atoms with van der Waals surface area (Å²) in [6.45, 7) is 5.61. The fraction of sp³-hybridized carbons (Fsp3) is 0.500. The van der Waals surface area contributed by atoms with Gasteiger partial charge in [-0.1, -0.05) is 92.7 Å². The molecule has 2 N–H and O–H groups in total. The Kier molecular flexibility index (Phi) is 8.36. The molecule has 1 unspecified atom stereocenters. The van der Waals surface area contributed by atoms with Crippen LogP contribution in [0.2, 0.25) is 0 Å². The number of fused-ring (bicyclic) bond motifs is 2. The minimum Gasteiger partial charge on any atom is -0.410 e. The molecule has 268 valence electrons. The van der Waals surface area contributed by atoms with Crippen molar-refractivity contribution in [3.63, 3.8) is 0 Å². The smallest absolute Gasteiger partial charge is 0.410 e. The van der Waals surface area contributed by atoms with Gasteiger partial charge in [0.25, 0.3) is 0 Å². The molecule has 3 saturated carbocycles. The molecule has 51 heavy (non-hydrogen) atoms. The van der Waals surface area contributed by atoms with Crippen LogP contribution in [0.4, 0.5) is 4.79 Å². The number of hydrogen-bond donors (Lipinski definition) is 2. The van der Waals surface area contributed by atoms with E-state index in [4.69, 9.17) is 9.47 Å². The molecule has 6 aliphatic carbocycles. The molecule has 8 atom stereocenters. The van der Waals surface area contributed by atoms with E-state index in [2.05, 4.69) is 32.1 Å². The van der Waals surface area contributed by atoms with Crippen LogP contribution in [0.15, 0.2) is 96.6 Å². The van der Waals surface area contributed by atoms with E-state index >= 15 is 0 Å². The van der Waals surface area contributed by atoms with E-state index in [9.17, 15) is 19.8 Å². The summed E-state index contributed by atoms with van der Waals surface area (Å²) in [4.78, 5) is 30.4. The summed E-state index contributed by atoms with van der Waals surface area (Å²) in [7, 11) is 1.65. The maximum absolute atomic E-state index is 14.7. The van der Waals surface area contributed by atoms with Gasteiger partial charge in [0, 0.05) is 47.6 Å². The number of carbonyl (C=O) groups excluding carboxylic acids is 2. The molecule has 9 rings (SSSR count). The molecular formula is C44H51NO6. The van der Waals surface area contributed by atoms with E-state index in [0.717, 1.165) is 48.4 Å². The highest BCUT2D eigenvalue weighted by Gasteiger charge is 2.74. The lowest BCUT2D eigenvalue weighted by molar-refractivity contribution is -0.175. The first-order chi connectivity index (χ1) is 24.5. The fourth-order valence-electron chi connectivity index (χ4n) is 11.7. The Balaban J connectivity index is 1.15. The quantitative estimate of drug-likeness (QED) is 0.134. The van der Waals surface area contributed by atoms with Gasteiger partial charge in [0.05, 0.1) is 18.2 Å². The Bertz CT molecular complexity index is 1910. The summed E-state index contributed by atoms with van der Waals surface area (Å²) in [5, 5.41) is 26.0. The molecule has 0 aromatic heterocycles. The summed E-state index contributed by atoms with van der Waals surface area (Å²) < 4.78 is 11.4. The zero-order valence-electron chi connectivity index (χ0n) is 30.1. The van der Waals surface area contributed by atoms with Crippen molar-refractivity contribution in [3.8, 4) is 5.75 Å². The second-order valence-corrected chi connectivity index (χ2v) is 16.7. The van der Waals surface area contributed by atoms with Crippen molar-refractivity contribution in [1.82, 2.24) is 4.90 Å². The number of aliphatic hydroxyl groups is 2. The molecule has 0 saturated heterocycles. The van der Waals surface area contributed by atoms with Crippen LogP contribution < -0.4 is 4.74 Å². The second kappa shape index (κ2) is 12.4. The average molecular weight is 690 g/mol. The highest BCUT2D eigenvalue weighted by molar-refractivity contribution is 6.10. The third kappa shape index (κ3) is 5.09. The molecule has 0 heterocycles. The van der Waals surface area contributed by atoms with Crippen LogP contribution in [-0.4, -0.2) is 65.5 Å². The highest BCUT2D eigenvalue weighted by atomic mass is 16.6. The second-order valence-electron chi connectivity index (χ2n) is 16.7. The Morgan fingerprint density at radius 1 is 0.863 bits per heavy atom. The normalized spacial score (nSPS) is 36.2. The van der Waals surface area contributed by atoms with Crippen LogP contribution in [0, 0.1) is 33.5 Å². The largest absolute Gasteiger partial charge is 0.415 e. The summed E-state index contributed by atoms with van der Waals surface area (Å²) in [6, 6.07) is 23.2. The van der Waals surface area contributed by atoms with Crippen molar-refractivity contribution in [2.24, 2.45) is 33.5 Å². The number of rotatable bonds is 9. The van der Waals surface area contributed by atoms with Crippen LogP contribution in [0.1, 0.15) is 75.6 Å². The lowest BCUT2D eigenvalue weighted by Gasteiger charge is -2.71. The van der Waals surface area contributed by atoms with Gasteiger partial charge >= 0.3 is 6.09 Å². The highest BCUT2D eigenvalue weighted by Crippen LogP contribution is 2.78. The predicted molar refractivity (Wildman–Crippen MR) is 197 cm³/mol. The third-order valence-electron chi connectivity index (χ3n) is 14.4. The van der Waals surface area contributed by atoms with Gasteiger partial charge in [-0.05, 0) is 91.5 Å². The molecule has 2 bridgehead atoms. The summed E-state index contributed by atoms with van der Waals surface area (Å²) in [6.07, 6.45) is 11.8. The third-order valence-corrected chi connectivity index (χ3v) is 14.4. The molecule has 3 aromatic carbocycles. The van der Waals surface area contributed by atoms with Crippen LogP contribution in [0.3, 0.4) is 0 Å². The lowest BCUT2D eigenvalue weighted by atomic mass is 9.32. The zero-order valence-corrected chi connectivity index (χ0v) is 30.1. The van der Waals surface area contributed by atoms with Gasteiger partial charge in [-0.2, -0.15) is 0 Å². The molecular weight excluding hydrogens is 638 g/mol. The Hall–Kier alpha value is -3.78. The van der Waals surface area contributed by atoms with Crippen LogP contribution in [-0.2, 0) is 4.74 Å². The summed E-state index contributed by atoms with van der Waals surface area (Å²) >= 11 is 0. The van der Waals surface area contributed by atoms with Gasteiger partial charge in [0.2, 0.25) is 0 Å². The topological polar surface area (TPSA) is 96.3 Å². The van der Waals surface area contributed by atoms with E-state index in [0.29, 0.717) is 43.7 Å². The number of ketones is 1. The van der Waals surface area contributed by atoms with Gasteiger partial charge in [-0.3, -0.25) is 4.79 Å². The number of Topliss-reactive ketones (excluding diaryl/α,β-unsaturated/α-hetero) is 1. The number of allylic oxidation sites excluding steroid dienone is 4. The van der Waals surface area contributed by atoms with Crippen molar-refractivity contribution in [2.45, 2.75) is 76.9 Å². The minimum atomic E-state index is -1.20. The minimum absolute atomic E-state index is 0.0109. The van der Waals surface area contributed by atoms with E-state index in [1.807, 2.05) is 72.8 Å². The predicted octanol–water partition coefficient (Wildman–Crippen LogP) is 8.15. The van der Waals surface area contributed by atoms with Crippen molar-refractivity contribution in [1.29, 1.82) is 0 Å². The number of benzene rings is 3. The zero-order chi connectivity index (χ0) is 35.6. The lowest BCUT2D eigenvalue weighted by Crippen LogP contribution is -2.67. The van der Waals surface area contributed by atoms with Crippen LogP contribution >= 0.6 is 0 Å². The van der Waals surface area contributed by atoms with Crippen molar-refractivity contribution >= 4 is 22.6 Å². The van der Waals surface area contributed by atoms with E-state index in [1.54, 1.807) is 12.0 Å². The maximum Gasteiger partial charge on any atom is 0.415 e. The molecule has 3 fully saturated rings. The molecule has 7 nitrogen and oxygen atoms in total. The van der Waals surface area contributed by atoms with Gasteiger partial charge < -0.3 is 24.6 Å². The molecule has 2 spiro atoms. The number of nitrogens with zero attached hydrogens (tertiary/aromatic N) is 1. The maximum atomic E-state index is 14.7. The van der Waals surface area contributed by atoms with Gasteiger partial charge in [0.15, 0.2) is 5.78 Å². The summed E-state index contributed by atoms with van der Waals surface area (Å²) in [5.41, 5.74) is -1.32. The number of methoxy groups -OCH3 is 1. The number of hydrogen-bond acceptors (Lipinski definition) is 6. The first kappa shape index (κ1) is 34.3. The average Bonchev–Trinajstić information content (AvgIpc) is 3.41. The van der Waals surface area contributed by atoms with E-state index in [1.165, 1.54) is 0 Å². The number of amides is 1. The molecule has 1 amide bonds. The first-order valence-electron chi connectivity index (χ1n) is 18.9. The molecule has 0 aliphatic heterocycles. The monoisotopic (exact) mass is 689 g/mol. The van der Waals surface area contributed by atoms with Crippen LogP contribution in [0.25, 0.3) is 10.8 Å². The van der Waals surface area contributed by atoms with E-state index in [-0.39, 0.29) is 35.0 Å². The Morgan fingerprint density at radius 2 is 1.57 bits per heavy atom. The SMILES string of the molecule is COCCCN(C[C@]1(O)CC[C@H]2[C@]34C=C[C@@]5(C=C3C(=O)c3ccccc3)CC(O)CC[C@]5(C)[C@H]4CC[C@@]21C)C(=O)Oc1ccc2ccccc2c1. The van der Waals surface area contributed by atoms with Crippen molar-refractivity contribution in [3.05, 3.63) is 102 Å². The number of carbonyl (C=O) groups is 2.